The van der Waals surface area contributed by atoms with Crippen molar-refractivity contribution in [2.24, 2.45) is 0 Å². The lowest BCUT2D eigenvalue weighted by molar-refractivity contribution is -0.870. The summed E-state index contributed by atoms with van der Waals surface area (Å²) in [5.41, 5.74) is 2.56. The van der Waals surface area contributed by atoms with Crippen molar-refractivity contribution in [1.29, 1.82) is 0 Å². The minimum atomic E-state index is -4.40. The molecular weight excluding hydrogens is 806 g/mol. The SMILES string of the molecule is CCCCCc1cc(C)c(CCCCCCCCCCC(=O)OCC(COP(=O)(O)OCC[N+](C)(C)C)OC(=O)CCCCCCCCCCc2oc(CCCCC)cc2C)o1. The first kappa shape index (κ1) is 55.7. The van der Waals surface area contributed by atoms with Crippen LogP contribution in [-0.4, -0.2) is 74.9 Å². The van der Waals surface area contributed by atoms with E-state index >= 15 is 0 Å². The van der Waals surface area contributed by atoms with Crippen molar-refractivity contribution in [3.05, 3.63) is 46.3 Å². The number of furan rings is 2. The molecule has 0 saturated carbocycles. The molecule has 62 heavy (non-hydrogen) atoms. The van der Waals surface area contributed by atoms with Crippen LogP contribution in [0.4, 0.5) is 0 Å². The van der Waals surface area contributed by atoms with Gasteiger partial charge < -0.3 is 27.7 Å². The number of phosphoric acid groups is 1. The predicted octanol–water partition coefficient (Wildman–Crippen LogP) is 13.1. The standard InChI is InChI=1S/C50H88NO10P/c1-8-10-24-30-44-38-42(3)47(59-44)32-26-20-16-12-14-18-22-28-34-49(52)56-40-46(41-58-62(54,55)57-37-36-51(5,6)7)61-50(53)35-29-23-19-15-13-17-21-27-33-48-43(4)39-45(60-48)31-25-11-9-2/h38-39,46H,8-37,40-41H2,1-7H3/p+1. The summed E-state index contributed by atoms with van der Waals surface area (Å²) in [5.74, 6) is 3.72. The average Bonchev–Trinajstić information content (AvgIpc) is 3.76. The van der Waals surface area contributed by atoms with Crippen LogP contribution in [0.1, 0.15) is 202 Å². The van der Waals surface area contributed by atoms with E-state index in [0.717, 1.165) is 107 Å². The summed E-state index contributed by atoms with van der Waals surface area (Å²) in [5, 5.41) is 0. The predicted molar refractivity (Wildman–Crippen MR) is 249 cm³/mol. The number of hydrogen-bond donors (Lipinski definition) is 1. The molecule has 2 aromatic rings. The number of phosphoric ester groups is 1. The van der Waals surface area contributed by atoms with Gasteiger partial charge in [0.1, 0.15) is 42.8 Å². The molecule has 2 heterocycles. The largest absolute Gasteiger partial charge is 0.472 e. The van der Waals surface area contributed by atoms with Crippen molar-refractivity contribution in [3.8, 4) is 0 Å². The molecule has 0 aliphatic rings. The minimum Gasteiger partial charge on any atom is -0.466 e. The van der Waals surface area contributed by atoms with Crippen LogP contribution in [0.2, 0.25) is 0 Å². The summed E-state index contributed by atoms with van der Waals surface area (Å²) in [6, 6.07) is 4.42. The third-order valence-corrected chi connectivity index (χ3v) is 12.4. The average molecular weight is 895 g/mol. The van der Waals surface area contributed by atoms with Gasteiger partial charge in [-0.05, 0) is 75.6 Å². The highest BCUT2D eigenvalue weighted by Crippen LogP contribution is 2.43. The first-order chi connectivity index (χ1) is 29.7. The first-order valence-electron chi connectivity index (χ1n) is 24.6. The molecule has 2 rings (SSSR count). The van der Waals surface area contributed by atoms with Crippen molar-refractivity contribution in [3.63, 3.8) is 0 Å². The van der Waals surface area contributed by atoms with E-state index in [1.54, 1.807) is 0 Å². The zero-order valence-corrected chi connectivity index (χ0v) is 41.3. The van der Waals surface area contributed by atoms with Crippen LogP contribution in [-0.2, 0) is 58.4 Å². The molecule has 0 bridgehead atoms. The van der Waals surface area contributed by atoms with E-state index in [9.17, 15) is 19.0 Å². The summed E-state index contributed by atoms with van der Waals surface area (Å²) < 4.78 is 46.7. The molecular formula is C50H89NO10P+. The Kier molecular flexibility index (Phi) is 29.7. The number of likely N-dealkylation sites (N-methyl/N-ethyl adjacent to an activating group) is 1. The Morgan fingerprint density at radius 1 is 0.597 bits per heavy atom. The zero-order chi connectivity index (χ0) is 45.5. The smallest absolute Gasteiger partial charge is 0.466 e. The highest BCUT2D eigenvalue weighted by molar-refractivity contribution is 7.47. The Labute approximate surface area is 376 Å². The minimum absolute atomic E-state index is 0.0207. The van der Waals surface area contributed by atoms with Crippen molar-refractivity contribution in [2.75, 3.05) is 47.5 Å². The lowest BCUT2D eigenvalue weighted by Gasteiger charge is -2.24. The van der Waals surface area contributed by atoms with E-state index in [1.165, 1.54) is 88.2 Å². The number of carbonyl (C=O) groups excluding carboxylic acids is 2. The topological polar surface area (TPSA) is 135 Å². The van der Waals surface area contributed by atoms with E-state index in [1.807, 2.05) is 21.1 Å². The summed E-state index contributed by atoms with van der Waals surface area (Å²) in [6.07, 6.45) is 27.9. The number of rotatable bonds is 40. The highest BCUT2D eigenvalue weighted by Gasteiger charge is 2.27. The lowest BCUT2D eigenvalue weighted by atomic mass is 10.1. The number of ether oxygens (including phenoxy) is 2. The van der Waals surface area contributed by atoms with E-state index in [4.69, 9.17) is 27.4 Å². The molecule has 2 unspecified atom stereocenters. The second kappa shape index (κ2) is 33.1. The van der Waals surface area contributed by atoms with Crippen LogP contribution in [0.15, 0.2) is 21.0 Å². The van der Waals surface area contributed by atoms with Crippen LogP contribution < -0.4 is 0 Å². The molecule has 0 aliphatic carbocycles. The third kappa shape index (κ3) is 28.4. The Morgan fingerprint density at radius 2 is 1.02 bits per heavy atom. The Bertz CT molecular complexity index is 1510. The molecule has 358 valence electrons. The first-order valence-corrected chi connectivity index (χ1v) is 26.1. The normalized spacial score (nSPS) is 13.4. The number of nitrogens with zero attached hydrogens (tertiary/aromatic N) is 1. The van der Waals surface area contributed by atoms with Crippen molar-refractivity contribution < 1.29 is 50.9 Å². The maximum absolute atomic E-state index is 12.8. The van der Waals surface area contributed by atoms with Crippen LogP contribution in [0.3, 0.4) is 0 Å². The Morgan fingerprint density at radius 3 is 1.47 bits per heavy atom. The van der Waals surface area contributed by atoms with Gasteiger partial charge in [0.15, 0.2) is 6.10 Å². The van der Waals surface area contributed by atoms with Crippen LogP contribution >= 0.6 is 7.82 Å². The van der Waals surface area contributed by atoms with Gasteiger partial charge in [-0.3, -0.25) is 18.6 Å². The molecule has 0 amide bonds. The lowest BCUT2D eigenvalue weighted by Crippen LogP contribution is -2.37. The maximum atomic E-state index is 12.8. The van der Waals surface area contributed by atoms with E-state index in [-0.39, 0.29) is 32.0 Å². The summed E-state index contributed by atoms with van der Waals surface area (Å²) in [4.78, 5) is 35.7. The van der Waals surface area contributed by atoms with Gasteiger partial charge in [-0.2, -0.15) is 0 Å². The van der Waals surface area contributed by atoms with Gasteiger partial charge in [0.05, 0.1) is 27.7 Å². The van der Waals surface area contributed by atoms with Gasteiger partial charge in [0, 0.05) is 38.5 Å². The monoisotopic (exact) mass is 895 g/mol. The van der Waals surface area contributed by atoms with Crippen LogP contribution in [0, 0.1) is 13.8 Å². The molecule has 0 radical (unpaired) electrons. The van der Waals surface area contributed by atoms with Gasteiger partial charge in [-0.15, -0.1) is 0 Å². The number of aryl methyl sites for hydroxylation is 6. The number of unbranched alkanes of at least 4 members (excludes halogenated alkanes) is 18. The number of esters is 2. The van der Waals surface area contributed by atoms with Gasteiger partial charge in [-0.25, -0.2) is 4.57 Å². The highest BCUT2D eigenvalue weighted by atomic mass is 31.2. The molecule has 11 nitrogen and oxygen atoms in total. The second-order valence-electron chi connectivity index (χ2n) is 18.6. The van der Waals surface area contributed by atoms with Gasteiger partial charge in [0.2, 0.25) is 0 Å². The molecule has 0 aromatic carbocycles. The molecule has 0 saturated heterocycles. The van der Waals surface area contributed by atoms with Crippen LogP contribution in [0.5, 0.6) is 0 Å². The fourth-order valence-corrected chi connectivity index (χ4v) is 8.26. The molecule has 2 aromatic heterocycles. The fourth-order valence-electron chi connectivity index (χ4n) is 7.52. The van der Waals surface area contributed by atoms with Gasteiger partial charge in [-0.1, -0.05) is 117 Å². The summed E-state index contributed by atoms with van der Waals surface area (Å²) in [7, 11) is 1.44. The molecule has 1 N–H and O–H groups in total. The van der Waals surface area contributed by atoms with E-state index in [0.29, 0.717) is 17.4 Å². The zero-order valence-electron chi connectivity index (χ0n) is 40.4. The van der Waals surface area contributed by atoms with Gasteiger partial charge >= 0.3 is 19.8 Å². The quantitative estimate of drug-likeness (QED) is 0.0298. The summed E-state index contributed by atoms with van der Waals surface area (Å²) in [6.45, 7) is 8.61. The van der Waals surface area contributed by atoms with E-state index in [2.05, 4.69) is 39.8 Å². The van der Waals surface area contributed by atoms with Crippen LogP contribution in [0.25, 0.3) is 0 Å². The maximum Gasteiger partial charge on any atom is 0.472 e. The fraction of sp³-hybridized carbons (Fsp3) is 0.800. The van der Waals surface area contributed by atoms with Gasteiger partial charge in [0.25, 0.3) is 0 Å². The third-order valence-electron chi connectivity index (χ3n) is 11.4. The second-order valence-corrected chi connectivity index (χ2v) is 20.1. The Balaban J connectivity index is 1.62. The molecule has 0 spiro atoms. The number of carbonyl (C=O) groups is 2. The molecule has 0 fully saturated rings. The molecule has 12 heteroatoms. The van der Waals surface area contributed by atoms with Crippen molar-refractivity contribution in [2.45, 2.75) is 214 Å². The van der Waals surface area contributed by atoms with Crippen molar-refractivity contribution >= 4 is 19.8 Å². The number of quaternary nitrogens is 1. The molecule has 0 aliphatic heterocycles. The number of hydrogen-bond acceptors (Lipinski definition) is 9. The summed E-state index contributed by atoms with van der Waals surface area (Å²) >= 11 is 0. The van der Waals surface area contributed by atoms with Crippen molar-refractivity contribution in [1.82, 2.24) is 0 Å². The molecule has 2 atom stereocenters. The van der Waals surface area contributed by atoms with E-state index < -0.39 is 26.5 Å². The Hall–Kier alpha value is -2.43.